The molecule has 98 valence electrons. The van der Waals surface area contributed by atoms with Crippen molar-refractivity contribution in [1.82, 2.24) is 10.2 Å². The summed E-state index contributed by atoms with van der Waals surface area (Å²) in [5.74, 6) is 2.97. The van der Waals surface area contributed by atoms with E-state index in [1.54, 1.807) is 6.42 Å². The molecular formula is C15H28N2. The molecule has 3 rings (SSSR count). The largest absolute Gasteiger partial charge is 0.311 e. The average Bonchev–Trinajstić information content (AvgIpc) is 3.00. The summed E-state index contributed by atoms with van der Waals surface area (Å²) in [4.78, 5) is 2.83. The Balaban J connectivity index is 1.60. The van der Waals surface area contributed by atoms with Crippen LogP contribution < -0.4 is 5.32 Å². The lowest BCUT2D eigenvalue weighted by Crippen LogP contribution is -2.56. The van der Waals surface area contributed by atoms with Crippen LogP contribution in [0.3, 0.4) is 0 Å². The summed E-state index contributed by atoms with van der Waals surface area (Å²) in [6.45, 7) is 8.54. The van der Waals surface area contributed by atoms with Crippen LogP contribution in [-0.2, 0) is 0 Å². The number of rotatable bonds is 3. The third kappa shape index (κ3) is 2.26. The van der Waals surface area contributed by atoms with Gasteiger partial charge in [-0.05, 0) is 37.0 Å². The molecule has 0 aromatic carbocycles. The van der Waals surface area contributed by atoms with Crippen LogP contribution >= 0.6 is 0 Å². The van der Waals surface area contributed by atoms with Gasteiger partial charge in [-0.15, -0.1) is 0 Å². The lowest BCUT2D eigenvalue weighted by atomic mass is 9.91. The van der Waals surface area contributed by atoms with Crippen molar-refractivity contribution in [2.24, 2.45) is 17.8 Å². The van der Waals surface area contributed by atoms with Crippen LogP contribution in [0, 0.1) is 17.8 Å². The van der Waals surface area contributed by atoms with E-state index in [2.05, 4.69) is 24.1 Å². The van der Waals surface area contributed by atoms with Crippen LogP contribution in [0.1, 0.15) is 46.0 Å². The molecule has 3 aliphatic rings. The van der Waals surface area contributed by atoms with E-state index in [1.165, 1.54) is 45.3 Å². The molecule has 1 heterocycles. The number of piperazine rings is 1. The third-order valence-corrected chi connectivity index (χ3v) is 5.74. The molecule has 5 unspecified atom stereocenters. The molecule has 2 heteroatoms. The Bertz CT molecular complexity index is 266. The molecule has 2 aliphatic carbocycles. The first-order chi connectivity index (χ1) is 8.28. The molecule has 2 bridgehead atoms. The van der Waals surface area contributed by atoms with Crippen molar-refractivity contribution in [2.75, 3.05) is 19.6 Å². The molecule has 17 heavy (non-hydrogen) atoms. The summed E-state index contributed by atoms with van der Waals surface area (Å²) in [6, 6.07) is 1.69. The van der Waals surface area contributed by atoms with E-state index in [1.807, 2.05) is 0 Å². The number of nitrogens with zero attached hydrogens (tertiary/aromatic N) is 1. The molecule has 0 amide bonds. The third-order valence-electron chi connectivity index (χ3n) is 5.74. The summed E-state index contributed by atoms with van der Waals surface area (Å²) in [7, 11) is 0. The van der Waals surface area contributed by atoms with Gasteiger partial charge in [0.2, 0.25) is 0 Å². The quantitative estimate of drug-likeness (QED) is 0.810. The number of hydrogen-bond acceptors (Lipinski definition) is 2. The van der Waals surface area contributed by atoms with Gasteiger partial charge in [0.15, 0.2) is 0 Å². The highest BCUT2D eigenvalue weighted by Gasteiger charge is 2.43. The van der Waals surface area contributed by atoms with E-state index in [9.17, 15) is 0 Å². The van der Waals surface area contributed by atoms with Crippen molar-refractivity contribution in [3.63, 3.8) is 0 Å². The molecule has 0 radical (unpaired) electrons. The Morgan fingerprint density at radius 2 is 2.18 bits per heavy atom. The minimum atomic E-state index is 0.743. The van der Waals surface area contributed by atoms with Crippen molar-refractivity contribution in [2.45, 2.75) is 58.0 Å². The lowest BCUT2D eigenvalue weighted by Gasteiger charge is -2.42. The minimum absolute atomic E-state index is 0.743. The van der Waals surface area contributed by atoms with Gasteiger partial charge in [0.05, 0.1) is 0 Å². The average molecular weight is 236 g/mol. The summed E-state index contributed by atoms with van der Waals surface area (Å²) in [5, 5.41) is 3.73. The zero-order chi connectivity index (χ0) is 11.8. The topological polar surface area (TPSA) is 15.3 Å². The Morgan fingerprint density at radius 1 is 1.29 bits per heavy atom. The van der Waals surface area contributed by atoms with Gasteiger partial charge in [0.25, 0.3) is 0 Å². The smallest absolute Gasteiger partial charge is 0.0221 e. The Kier molecular flexibility index (Phi) is 3.45. The van der Waals surface area contributed by atoms with Gasteiger partial charge >= 0.3 is 0 Å². The molecule has 5 atom stereocenters. The zero-order valence-electron chi connectivity index (χ0n) is 11.5. The molecule has 2 saturated carbocycles. The highest BCUT2D eigenvalue weighted by molar-refractivity contribution is 4.97. The molecule has 0 spiro atoms. The summed E-state index contributed by atoms with van der Waals surface area (Å²) in [5.41, 5.74) is 0. The summed E-state index contributed by atoms with van der Waals surface area (Å²) >= 11 is 0. The fourth-order valence-electron chi connectivity index (χ4n) is 4.43. The maximum Gasteiger partial charge on any atom is 0.0221 e. The van der Waals surface area contributed by atoms with Gasteiger partial charge in [-0.2, -0.15) is 0 Å². The van der Waals surface area contributed by atoms with Crippen molar-refractivity contribution in [3.05, 3.63) is 0 Å². The second-order valence-electron chi connectivity index (χ2n) is 6.68. The van der Waals surface area contributed by atoms with Gasteiger partial charge < -0.3 is 5.32 Å². The Hall–Kier alpha value is -0.0800. The lowest BCUT2D eigenvalue weighted by molar-refractivity contribution is 0.0900. The monoisotopic (exact) mass is 236 g/mol. The van der Waals surface area contributed by atoms with Gasteiger partial charge in [-0.1, -0.05) is 26.7 Å². The first-order valence-corrected chi connectivity index (χ1v) is 7.75. The van der Waals surface area contributed by atoms with Crippen LogP contribution in [0.2, 0.25) is 0 Å². The number of fused-ring (bicyclic) bond motifs is 2. The normalized spacial score (nSPS) is 44.1. The van der Waals surface area contributed by atoms with E-state index in [4.69, 9.17) is 0 Å². The van der Waals surface area contributed by atoms with Gasteiger partial charge in [-0.25, -0.2) is 0 Å². The molecule has 2 nitrogen and oxygen atoms in total. The molecule has 0 aromatic heterocycles. The zero-order valence-corrected chi connectivity index (χ0v) is 11.5. The molecule has 1 N–H and O–H groups in total. The molecule has 1 saturated heterocycles. The fraction of sp³-hybridized carbons (Fsp3) is 1.00. The van der Waals surface area contributed by atoms with E-state index < -0.39 is 0 Å². The minimum Gasteiger partial charge on any atom is -0.311 e. The van der Waals surface area contributed by atoms with E-state index >= 15 is 0 Å². The second kappa shape index (κ2) is 4.89. The maximum atomic E-state index is 3.73. The highest BCUT2D eigenvalue weighted by Crippen LogP contribution is 2.46. The van der Waals surface area contributed by atoms with Crippen LogP contribution in [0.25, 0.3) is 0 Å². The standard InChI is InChI=1S/C15H28N2/c1-3-11(2)14-10-17(7-6-16-14)15-9-12-4-5-13(15)8-12/h11-16H,3-10H2,1-2H3. The Morgan fingerprint density at radius 3 is 2.82 bits per heavy atom. The van der Waals surface area contributed by atoms with Gasteiger partial charge in [0, 0.05) is 31.7 Å². The van der Waals surface area contributed by atoms with Crippen molar-refractivity contribution < 1.29 is 0 Å². The van der Waals surface area contributed by atoms with Crippen molar-refractivity contribution in [1.29, 1.82) is 0 Å². The predicted octanol–water partition coefficient (Wildman–Crippen LogP) is 2.49. The fourth-order valence-corrected chi connectivity index (χ4v) is 4.43. The highest BCUT2D eigenvalue weighted by atomic mass is 15.2. The predicted molar refractivity (Wildman–Crippen MR) is 72.1 cm³/mol. The number of hydrogen-bond donors (Lipinski definition) is 1. The van der Waals surface area contributed by atoms with Crippen LogP contribution in [0.4, 0.5) is 0 Å². The summed E-state index contributed by atoms with van der Waals surface area (Å²) in [6.07, 6.45) is 7.41. The maximum absolute atomic E-state index is 3.73. The molecular weight excluding hydrogens is 208 g/mol. The van der Waals surface area contributed by atoms with Gasteiger partial charge in [-0.3, -0.25) is 4.90 Å². The van der Waals surface area contributed by atoms with E-state index in [0.717, 1.165) is 29.8 Å². The van der Waals surface area contributed by atoms with Crippen LogP contribution in [0.5, 0.6) is 0 Å². The van der Waals surface area contributed by atoms with E-state index in [-0.39, 0.29) is 0 Å². The first kappa shape index (κ1) is 12.0. The van der Waals surface area contributed by atoms with Crippen molar-refractivity contribution in [3.8, 4) is 0 Å². The van der Waals surface area contributed by atoms with E-state index in [0.29, 0.717) is 0 Å². The molecule has 1 aliphatic heterocycles. The second-order valence-corrected chi connectivity index (χ2v) is 6.68. The van der Waals surface area contributed by atoms with Gasteiger partial charge in [0.1, 0.15) is 0 Å². The summed E-state index contributed by atoms with van der Waals surface area (Å²) < 4.78 is 0. The van der Waals surface area contributed by atoms with Crippen LogP contribution in [-0.4, -0.2) is 36.6 Å². The Labute approximate surface area is 106 Å². The molecule has 3 fully saturated rings. The molecule has 0 aromatic rings. The number of nitrogens with one attached hydrogen (secondary N) is 1. The van der Waals surface area contributed by atoms with Crippen molar-refractivity contribution >= 4 is 0 Å². The van der Waals surface area contributed by atoms with Crippen LogP contribution in [0.15, 0.2) is 0 Å². The SMILES string of the molecule is CCC(C)C1CN(C2CC3CCC2C3)CCN1. The first-order valence-electron chi connectivity index (χ1n) is 7.75.